The van der Waals surface area contributed by atoms with Crippen LogP contribution in [0.4, 0.5) is 0 Å². The van der Waals surface area contributed by atoms with Crippen LogP contribution in [-0.2, 0) is 4.79 Å². The Labute approximate surface area is 123 Å². The molecule has 0 saturated carbocycles. The van der Waals surface area contributed by atoms with Crippen molar-refractivity contribution >= 4 is 5.91 Å². The summed E-state index contributed by atoms with van der Waals surface area (Å²) in [5.74, 6) is 0.821. The molecule has 0 bridgehead atoms. The highest BCUT2D eigenvalue weighted by Gasteiger charge is 2.24. The van der Waals surface area contributed by atoms with Gasteiger partial charge in [0.2, 0.25) is 5.91 Å². The van der Waals surface area contributed by atoms with Gasteiger partial charge in [-0.1, -0.05) is 0 Å². The molecule has 0 aromatic carbocycles. The Bertz CT molecular complexity index is 300. The third kappa shape index (κ3) is 5.04. The maximum Gasteiger partial charge on any atom is 0.234 e. The van der Waals surface area contributed by atoms with E-state index in [4.69, 9.17) is 0 Å². The fourth-order valence-electron chi connectivity index (χ4n) is 3.08. The van der Waals surface area contributed by atoms with Gasteiger partial charge >= 0.3 is 0 Å². The second kappa shape index (κ2) is 7.96. The van der Waals surface area contributed by atoms with E-state index in [-0.39, 0.29) is 5.91 Å². The highest BCUT2D eigenvalue weighted by molar-refractivity contribution is 5.78. The molecular weight excluding hydrogens is 252 g/mol. The number of nitrogens with one attached hydrogen (secondary N) is 2. The van der Waals surface area contributed by atoms with Crippen LogP contribution in [-0.4, -0.2) is 74.1 Å². The molecular formula is C15H30N4O. The molecule has 116 valence electrons. The van der Waals surface area contributed by atoms with E-state index >= 15 is 0 Å². The van der Waals surface area contributed by atoms with Crippen molar-refractivity contribution in [3.8, 4) is 0 Å². The molecule has 2 saturated heterocycles. The summed E-state index contributed by atoms with van der Waals surface area (Å²) in [6.45, 7) is 12.3. The molecule has 2 aliphatic rings. The number of hydrogen-bond donors (Lipinski definition) is 2. The zero-order chi connectivity index (χ0) is 14.4. The molecule has 5 nitrogen and oxygen atoms in total. The van der Waals surface area contributed by atoms with E-state index in [1.165, 1.54) is 13.0 Å². The van der Waals surface area contributed by atoms with Crippen molar-refractivity contribution in [1.82, 2.24) is 20.4 Å². The summed E-state index contributed by atoms with van der Waals surface area (Å²) in [4.78, 5) is 16.8. The fraction of sp³-hybridized carbons (Fsp3) is 0.933. The first kappa shape index (κ1) is 15.7. The molecule has 1 amide bonds. The van der Waals surface area contributed by atoms with Crippen LogP contribution in [0.1, 0.15) is 26.7 Å². The van der Waals surface area contributed by atoms with Crippen LogP contribution in [0.5, 0.6) is 0 Å². The highest BCUT2D eigenvalue weighted by Crippen LogP contribution is 2.17. The molecule has 0 aliphatic carbocycles. The van der Waals surface area contributed by atoms with Gasteiger partial charge in [0.05, 0.1) is 6.54 Å². The minimum atomic E-state index is 0.190. The van der Waals surface area contributed by atoms with Crippen molar-refractivity contribution in [3.05, 3.63) is 0 Å². The lowest BCUT2D eigenvalue weighted by molar-refractivity contribution is -0.122. The van der Waals surface area contributed by atoms with Gasteiger partial charge in [-0.25, -0.2) is 0 Å². The van der Waals surface area contributed by atoms with E-state index in [9.17, 15) is 4.79 Å². The largest absolute Gasteiger partial charge is 0.355 e. The Morgan fingerprint density at radius 2 is 2.15 bits per heavy atom. The molecule has 0 aromatic rings. The number of carbonyl (C=O) groups excluding carboxylic acids is 1. The second-order valence-electron chi connectivity index (χ2n) is 6.43. The summed E-state index contributed by atoms with van der Waals surface area (Å²) in [7, 11) is 0. The summed E-state index contributed by atoms with van der Waals surface area (Å²) >= 11 is 0. The van der Waals surface area contributed by atoms with Crippen LogP contribution < -0.4 is 10.6 Å². The van der Waals surface area contributed by atoms with Crippen LogP contribution in [0.3, 0.4) is 0 Å². The summed E-state index contributed by atoms with van der Waals surface area (Å²) in [6.07, 6.45) is 2.35. The van der Waals surface area contributed by atoms with Gasteiger partial charge in [0.25, 0.3) is 0 Å². The summed E-state index contributed by atoms with van der Waals surface area (Å²) in [5.41, 5.74) is 0. The average Bonchev–Trinajstić information content (AvgIpc) is 2.75. The lowest BCUT2D eigenvalue weighted by Crippen LogP contribution is -2.41. The van der Waals surface area contributed by atoms with Crippen molar-refractivity contribution in [2.75, 3.05) is 52.4 Å². The predicted molar refractivity (Wildman–Crippen MR) is 81.8 cm³/mol. The molecule has 1 unspecified atom stereocenters. The van der Waals surface area contributed by atoms with Crippen molar-refractivity contribution in [1.29, 1.82) is 0 Å². The van der Waals surface area contributed by atoms with E-state index < -0.39 is 0 Å². The Kier molecular flexibility index (Phi) is 6.26. The second-order valence-corrected chi connectivity index (χ2v) is 6.43. The number of nitrogens with zero attached hydrogens (tertiary/aromatic N) is 2. The fourth-order valence-corrected chi connectivity index (χ4v) is 3.08. The summed E-state index contributed by atoms with van der Waals surface area (Å²) < 4.78 is 0. The molecule has 0 aromatic heterocycles. The predicted octanol–water partition coefficient (Wildman–Crippen LogP) is 0.128. The van der Waals surface area contributed by atoms with Crippen molar-refractivity contribution in [3.63, 3.8) is 0 Å². The van der Waals surface area contributed by atoms with Crippen LogP contribution in [0.15, 0.2) is 0 Å². The van der Waals surface area contributed by atoms with E-state index in [1.807, 2.05) is 0 Å². The first-order chi connectivity index (χ1) is 9.65. The van der Waals surface area contributed by atoms with E-state index in [0.29, 0.717) is 18.5 Å². The maximum absolute atomic E-state index is 12.0. The number of rotatable bonds is 5. The third-order valence-corrected chi connectivity index (χ3v) is 4.44. The number of amides is 1. The van der Waals surface area contributed by atoms with Crippen LogP contribution in [0.2, 0.25) is 0 Å². The zero-order valence-electron chi connectivity index (χ0n) is 13.0. The molecule has 1 atom stereocenters. The highest BCUT2D eigenvalue weighted by atomic mass is 16.2. The zero-order valence-corrected chi connectivity index (χ0v) is 13.0. The van der Waals surface area contributed by atoms with Crippen LogP contribution in [0.25, 0.3) is 0 Å². The molecule has 2 N–H and O–H groups in total. The average molecular weight is 282 g/mol. The first-order valence-electron chi connectivity index (χ1n) is 8.09. The van der Waals surface area contributed by atoms with Gasteiger partial charge in [0, 0.05) is 32.2 Å². The molecule has 2 heterocycles. The Morgan fingerprint density at radius 1 is 1.30 bits per heavy atom. The Morgan fingerprint density at radius 3 is 2.90 bits per heavy atom. The van der Waals surface area contributed by atoms with E-state index in [1.54, 1.807) is 0 Å². The molecule has 2 aliphatic heterocycles. The standard InChI is InChI=1S/C15H30N4O/c1-13(2)19-8-4-14(11-19)10-17-15(20)12-18-7-3-5-16-6-9-18/h13-14,16H,3-12H2,1-2H3,(H,17,20). The third-order valence-electron chi connectivity index (χ3n) is 4.44. The lowest BCUT2D eigenvalue weighted by Gasteiger charge is -2.21. The monoisotopic (exact) mass is 282 g/mol. The van der Waals surface area contributed by atoms with Gasteiger partial charge < -0.3 is 15.5 Å². The molecule has 0 spiro atoms. The minimum Gasteiger partial charge on any atom is -0.355 e. The van der Waals surface area contributed by atoms with Crippen LogP contribution in [0, 0.1) is 5.92 Å². The quantitative estimate of drug-likeness (QED) is 0.752. The minimum absolute atomic E-state index is 0.190. The maximum atomic E-state index is 12.0. The van der Waals surface area contributed by atoms with Gasteiger partial charge in [-0.15, -0.1) is 0 Å². The van der Waals surface area contributed by atoms with Gasteiger partial charge in [0.1, 0.15) is 0 Å². The van der Waals surface area contributed by atoms with Gasteiger partial charge in [-0.05, 0) is 52.2 Å². The van der Waals surface area contributed by atoms with Crippen molar-refractivity contribution in [2.24, 2.45) is 5.92 Å². The number of hydrogen-bond acceptors (Lipinski definition) is 4. The Hall–Kier alpha value is -0.650. The van der Waals surface area contributed by atoms with Crippen molar-refractivity contribution < 1.29 is 4.79 Å². The lowest BCUT2D eigenvalue weighted by atomic mass is 10.1. The summed E-state index contributed by atoms with van der Waals surface area (Å²) in [6, 6.07) is 0.625. The van der Waals surface area contributed by atoms with Gasteiger partial charge in [-0.2, -0.15) is 0 Å². The smallest absolute Gasteiger partial charge is 0.234 e. The van der Waals surface area contributed by atoms with Gasteiger partial charge in [-0.3, -0.25) is 9.69 Å². The first-order valence-corrected chi connectivity index (χ1v) is 8.09. The van der Waals surface area contributed by atoms with Crippen LogP contribution >= 0.6 is 0 Å². The molecule has 5 heteroatoms. The normalized spacial score (nSPS) is 25.9. The Balaban J connectivity index is 1.62. The van der Waals surface area contributed by atoms with E-state index in [0.717, 1.165) is 45.7 Å². The van der Waals surface area contributed by atoms with Crippen molar-refractivity contribution in [2.45, 2.75) is 32.7 Å². The summed E-state index contributed by atoms with van der Waals surface area (Å²) in [5, 5.41) is 6.49. The van der Waals surface area contributed by atoms with Gasteiger partial charge in [0.15, 0.2) is 0 Å². The van der Waals surface area contributed by atoms with E-state index in [2.05, 4.69) is 34.3 Å². The molecule has 2 rings (SSSR count). The topological polar surface area (TPSA) is 47.6 Å². The number of carbonyl (C=O) groups is 1. The molecule has 20 heavy (non-hydrogen) atoms. The molecule has 0 radical (unpaired) electrons. The number of likely N-dealkylation sites (tertiary alicyclic amines) is 1. The SMILES string of the molecule is CC(C)N1CCC(CNC(=O)CN2CCCNCC2)C1. The molecule has 2 fully saturated rings.